The molecule has 1 aromatic heterocycles. The second-order valence-corrected chi connectivity index (χ2v) is 29.9. The summed E-state index contributed by atoms with van der Waals surface area (Å²) < 4.78 is 17.3. The number of rotatable bonds is 27. The van der Waals surface area contributed by atoms with E-state index in [1.54, 1.807) is 6.08 Å². The van der Waals surface area contributed by atoms with Crippen LogP contribution in [0, 0.1) is 5.92 Å². The number of aromatic nitrogens is 1. The zero-order valence-corrected chi connectivity index (χ0v) is 50.6. The number of hydrogen-bond acceptors (Lipinski definition) is 10. The van der Waals surface area contributed by atoms with Crippen molar-refractivity contribution in [1.29, 1.82) is 0 Å². The molecule has 1 aliphatic rings. The van der Waals surface area contributed by atoms with E-state index in [9.17, 15) is 19.2 Å². The van der Waals surface area contributed by atoms with Gasteiger partial charge in [-0.1, -0.05) is 228 Å². The average Bonchev–Trinajstić information content (AvgIpc) is 2.33. The summed E-state index contributed by atoms with van der Waals surface area (Å²) in [6.07, 6.45) is 2.41. The lowest BCUT2D eigenvalue weighted by Crippen LogP contribution is -2.47. The van der Waals surface area contributed by atoms with E-state index in [2.05, 4.69) is 152 Å². The lowest BCUT2D eigenvalue weighted by molar-refractivity contribution is -0.151. The van der Waals surface area contributed by atoms with Crippen molar-refractivity contribution in [2.45, 2.75) is 94.8 Å². The molecule has 11 nitrogen and oxygen atoms in total. The number of pyridine rings is 1. The van der Waals surface area contributed by atoms with Gasteiger partial charge < -0.3 is 24.8 Å². The number of fused-ring (bicyclic) bond motifs is 4. The molecule has 8 aromatic rings. The molecule has 0 bridgehead atoms. The fraction of sp³-hybridized carbons (Fsp3) is 0.282. The fourth-order valence-corrected chi connectivity index (χ4v) is 13.0. The molecule has 13 heteroatoms. The van der Waals surface area contributed by atoms with E-state index in [0.717, 1.165) is 67.0 Å². The van der Waals surface area contributed by atoms with E-state index in [0.29, 0.717) is 37.6 Å². The number of hydrogen-bond donors (Lipinski definition) is 2. The molecular formula is C71H76N4O7SSi. The summed E-state index contributed by atoms with van der Waals surface area (Å²) in [5.41, 5.74) is 10.2. The summed E-state index contributed by atoms with van der Waals surface area (Å²) in [6.45, 7) is 11.9. The first-order chi connectivity index (χ1) is 40.7. The molecule has 0 aliphatic heterocycles. The third-order valence-corrected chi connectivity index (χ3v) is 18.4. The number of carbonyl (C=O) groups is 4. The predicted molar refractivity (Wildman–Crippen MR) is 340 cm³/mol. The number of nitrogens with zero attached hydrogens (tertiary/aromatic N) is 2. The van der Waals surface area contributed by atoms with Crippen molar-refractivity contribution >= 4 is 54.5 Å². The quantitative estimate of drug-likeness (QED) is 0.0128. The monoisotopic (exact) mass is 1160 g/mol. The van der Waals surface area contributed by atoms with Crippen LogP contribution in [0.15, 0.2) is 212 Å². The second-order valence-electron chi connectivity index (χ2n) is 22.9. The van der Waals surface area contributed by atoms with Crippen molar-refractivity contribution < 1.29 is 33.4 Å². The highest BCUT2D eigenvalue weighted by Crippen LogP contribution is 2.49. The van der Waals surface area contributed by atoms with Crippen LogP contribution >= 0.6 is 11.8 Å². The van der Waals surface area contributed by atoms with Gasteiger partial charge in [-0.05, 0) is 97.6 Å². The molecule has 0 unspecified atom stereocenters. The lowest BCUT2D eigenvalue weighted by atomic mass is 9.84. The highest BCUT2D eigenvalue weighted by atomic mass is 32.2. The van der Waals surface area contributed by atoms with E-state index < -0.39 is 37.0 Å². The van der Waals surface area contributed by atoms with E-state index in [1.807, 2.05) is 115 Å². The number of nitrogens with one attached hydrogen (secondary N) is 2. The molecule has 2 atom stereocenters. The lowest BCUT2D eigenvalue weighted by Gasteiger charge is -2.35. The molecule has 1 aliphatic carbocycles. The maximum absolute atomic E-state index is 14.3. The van der Waals surface area contributed by atoms with Gasteiger partial charge in [-0.3, -0.25) is 19.5 Å². The topological polar surface area (TPSA) is 136 Å². The smallest absolute Gasteiger partial charge is 0.407 e. The number of thioether (sulfide) groups is 1. The Balaban J connectivity index is 0.895. The highest BCUT2D eigenvalue weighted by molar-refractivity contribution is 8.00. The molecule has 432 valence electrons. The van der Waals surface area contributed by atoms with Gasteiger partial charge in [0.1, 0.15) is 18.8 Å². The molecule has 2 amide bonds. The first-order valence-electron chi connectivity index (χ1n) is 29.1. The van der Waals surface area contributed by atoms with Gasteiger partial charge in [0, 0.05) is 27.1 Å². The SMILES string of the molecule is CC(C)[C@@H](NC(=O)OCC1c2ccccc2-c2ccccc21)C(=O)O[C@H](/C=C/CCSC(c1ccccc1)(c1ccccc1)c1ccccc1)CC(=O)NCc1cccc(CN(CC(=O)OCC[Si](C)(C)C)Cc2cccc3ccccc23)n1. The Kier molecular flexibility index (Phi) is 20.8. The summed E-state index contributed by atoms with van der Waals surface area (Å²) >= 11 is 1.82. The van der Waals surface area contributed by atoms with Crippen molar-refractivity contribution in [2.24, 2.45) is 5.92 Å². The van der Waals surface area contributed by atoms with E-state index in [-0.39, 0.29) is 49.8 Å². The fourth-order valence-electron chi connectivity index (χ4n) is 10.9. The number of allylic oxidation sites excluding steroid dienone is 1. The van der Waals surface area contributed by atoms with E-state index >= 15 is 0 Å². The van der Waals surface area contributed by atoms with Gasteiger partial charge in [0.05, 0.1) is 42.3 Å². The van der Waals surface area contributed by atoms with Crippen molar-refractivity contribution in [2.75, 3.05) is 25.5 Å². The third-order valence-electron chi connectivity index (χ3n) is 15.1. The Bertz CT molecular complexity index is 3370. The molecule has 7 aromatic carbocycles. The Labute approximate surface area is 500 Å². The van der Waals surface area contributed by atoms with Crippen LogP contribution in [0.2, 0.25) is 25.7 Å². The van der Waals surface area contributed by atoms with Gasteiger partial charge in [-0.2, -0.15) is 0 Å². The van der Waals surface area contributed by atoms with Gasteiger partial charge in [-0.25, -0.2) is 9.59 Å². The molecule has 0 radical (unpaired) electrons. The van der Waals surface area contributed by atoms with Crippen LogP contribution in [-0.2, 0) is 53.0 Å². The Morgan fingerprint density at radius 2 is 1.24 bits per heavy atom. The minimum atomic E-state index is -1.41. The van der Waals surface area contributed by atoms with E-state index in [4.69, 9.17) is 19.2 Å². The number of esters is 2. The van der Waals surface area contributed by atoms with Crippen LogP contribution in [0.25, 0.3) is 21.9 Å². The molecule has 2 N–H and O–H groups in total. The van der Waals surface area contributed by atoms with Crippen molar-refractivity contribution in [3.05, 3.63) is 257 Å². The van der Waals surface area contributed by atoms with E-state index in [1.165, 1.54) is 0 Å². The van der Waals surface area contributed by atoms with Crippen molar-refractivity contribution in [1.82, 2.24) is 20.5 Å². The zero-order chi connectivity index (χ0) is 58.9. The molecule has 9 rings (SSSR count). The van der Waals surface area contributed by atoms with Crippen LogP contribution < -0.4 is 10.6 Å². The molecule has 1 heterocycles. The Morgan fingerprint density at radius 3 is 1.87 bits per heavy atom. The Morgan fingerprint density at radius 1 is 0.667 bits per heavy atom. The average molecular weight is 1160 g/mol. The van der Waals surface area contributed by atoms with Gasteiger partial charge in [0.15, 0.2) is 0 Å². The molecule has 0 saturated heterocycles. The number of carbonyl (C=O) groups excluding carboxylic acids is 4. The summed E-state index contributed by atoms with van der Waals surface area (Å²) in [7, 11) is -1.41. The van der Waals surface area contributed by atoms with Crippen LogP contribution in [0.1, 0.15) is 77.4 Å². The number of ether oxygens (including phenoxy) is 3. The second kappa shape index (κ2) is 28.9. The predicted octanol–water partition coefficient (Wildman–Crippen LogP) is 14.3. The number of amides is 2. The van der Waals surface area contributed by atoms with Gasteiger partial charge in [0.2, 0.25) is 5.91 Å². The molecule has 0 saturated carbocycles. The zero-order valence-electron chi connectivity index (χ0n) is 48.7. The third kappa shape index (κ3) is 16.0. The van der Waals surface area contributed by atoms with Crippen LogP contribution in [0.3, 0.4) is 0 Å². The standard InChI is InChI=1S/C71H76N4O7SSi/c1-51(2)68(74-70(79)81-50-65-63-40-19-17-38-61(63)62-39-18-20-41-64(62)65)69(78)82-59(36-21-22-43-83-71(54-28-9-6-10-29-54,55-30-11-7-12-31-55)56-32-13-8-14-33-56)45-66(76)72-46-57-34-24-35-58(73-57)48-75(49-67(77)80-42-44-84(3,4)5)47-53-27-23-26-52-25-15-16-37-60(52)53/h6-21,23-41,51,59,65,68H,22,42-50H2,1-5H3,(H,72,76)(H,74,79)/b36-21+/t59-,68-/m1/s1. The number of alkyl carbamates (subject to hydrolysis) is 1. The van der Waals surface area contributed by atoms with Crippen LogP contribution in [0.5, 0.6) is 0 Å². The maximum Gasteiger partial charge on any atom is 0.407 e. The van der Waals surface area contributed by atoms with Crippen LogP contribution in [-0.4, -0.2) is 79.6 Å². The summed E-state index contributed by atoms with van der Waals surface area (Å²) in [6, 6.07) is 67.7. The first-order valence-corrected chi connectivity index (χ1v) is 33.8. The Hall–Kier alpha value is -8.10. The normalized spacial score (nSPS) is 13.1. The summed E-state index contributed by atoms with van der Waals surface area (Å²) in [5.74, 6) is -1.19. The highest BCUT2D eigenvalue weighted by Gasteiger charge is 2.37. The minimum Gasteiger partial charge on any atom is -0.465 e. The summed E-state index contributed by atoms with van der Waals surface area (Å²) in [4.78, 5) is 62.4. The molecule has 84 heavy (non-hydrogen) atoms. The molecule has 0 fully saturated rings. The summed E-state index contributed by atoms with van der Waals surface area (Å²) in [5, 5.41) is 8.05. The first kappa shape index (κ1) is 60.5. The van der Waals surface area contributed by atoms with Crippen molar-refractivity contribution in [3.8, 4) is 11.1 Å². The van der Waals surface area contributed by atoms with Crippen LogP contribution in [0.4, 0.5) is 4.79 Å². The largest absolute Gasteiger partial charge is 0.465 e. The molecular weight excluding hydrogens is 1080 g/mol. The van der Waals surface area contributed by atoms with Gasteiger partial charge in [0.25, 0.3) is 0 Å². The molecule has 0 spiro atoms. The maximum atomic E-state index is 14.3. The van der Waals surface area contributed by atoms with Crippen molar-refractivity contribution in [3.63, 3.8) is 0 Å². The minimum absolute atomic E-state index is 0.0801. The number of benzene rings is 7. The van der Waals surface area contributed by atoms with Gasteiger partial charge >= 0.3 is 18.0 Å². The van der Waals surface area contributed by atoms with Gasteiger partial charge in [-0.15, -0.1) is 11.8 Å².